The minimum Gasteiger partial charge on any atom is -0.506 e. The van der Waals surface area contributed by atoms with Crippen LogP contribution in [-0.4, -0.2) is 12.2 Å². The van der Waals surface area contributed by atoms with Gasteiger partial charge in [0.05, 0.1) is 12.7 Å². The zero-order valence-corrected chi connectivity index (χ0v) is 10.3. The Bertz CT molecular complexity index is 648. The number of nitrogens with two attached hydrogens (primary N) is 1. The van der Waals surface area contributed by atoms with Gasteiger partial charge in [0.25, 0.3) is 0 Å². The summed E-state index contributed by atoms with van der Waals surface area (Å²) >= 11 is 0. The van der Waals surface area contributed by atoms with E-state index >= 15 is 0 Å². The van der Waals surface area contributed by atoms with E-state index in [1.165, 1.54) is 13.2 Å². The number of aromatic hydroxyl groups is 1. The van der Waals surface area contributed by atoms with Crippen molar-refractivity contribution in [3.8, 4) is 29.1 Å². The summed E-state index contributed by atoms with van der Waals surface area (Å²) < 4.78 is 10.6. The van der Waals surface area contributed by atoms with Crippen molar-refractivity contribution in [2.45, 2.75) is 0 Å². The summed E-state index contributed by atoms with van der Waals surface area (Å²) in [4.78, 5) is 0. The molecule has 0 saturated carbocycles. The van der Waals surface area contributed by atoms with Crippen LogP contribution >= 0.6 is 0 Å². The standard InChI is InChI=1S/C14H12N2O3/c1-18-10-6-5-9(8-15)13(7-10)19-12-4-2-3-11(17)14(12)16/h2-7,17H,16H2,1H3. The molecule has 2 rings (SSSR count). The predicted molar refractivity (Wildman–Crippen MR) is 70.3 cm³/mol. The Labute approximate surface area is 110 Å². The molecule has 0 saturated heterocycles. The van der Waals surface area contributed by atoms with E-state index < -0.39 is 0 Å². The fraction of sp³-hybridized carbons (Fsp3) is 0.0714. The summed E-state index contributed by atoms with van der Waals surface area (Å²) in [6.07, 6.45) is 0. The lowest BCUT2D eigenvalue weighted by Gasteiger charge is -2.11. The van der Waals surface area contributed by atoms with E-state index in [1.807, 2.05) is 6.07 Å². The smallest absolute Gasteiger partial charge is 0.154 e. The summed E-state index contributed by atoms with van der Waals surface area (Å²) in [6, 6.07) is 11.5. The zero-order chi connectivity index (χ0) is 13.8. The third-order valence-corrected chi connectivity index (χ3v) is 2.57. The number of methoxy groups -OCH3 is 1. The Kier molecular flexibility index (Phi) is 3.44. The first-order valence-corrected chi connectivity index (χ1v) is 5.49. The Hall–Kier alpha value is -2.87. The fourth-order valence-corrected chi connectivity index (χ4v) is 1.55. The van der Waals surface area contributed by atoms with Gasteiger partial charge in [-0.1, -0.05) is 6.07 Å². The normalized spacial score (nSPS) is 9.68. The van der Waals surface area contributed by atoms with Gasteiger partial charge in [0.1, 0.15) is 29.0 Å². The number of nitrogens with zero attached hydrogens (tertiary/aromatic N) is 1. The maximum Gasteiger partial charge on any atom is 0.154 e. The summed E-state index contributed by atoms with van der Waals surface area (Å²) in [7, 11) is 1.52. The number of para-hydroxylation sites is 1. The number of hydrogen-bond donors (Lipinski definition) is 2. The molecule has 5 nitrogen and oxygen atoms in total. The van der Waals surface area contributed by atoms with Crippen molar-refractivity contribution >= 4 is 5.69 Å². The zero-order valence-electron chi connectivity index (χ0n) is 10.3. The largest absolute Gasteiger partial charge is 0.506 e. The van der Waals surface area contributed by atoms with Crippen LogP contribution < -0.4 is 15.2 Å². The van der Waals surface area contributed by atoms with Gasteiger partial charge >= 0.3 is 0 Å². The molecule has 0 aliphatic heterocycles. The number of hydrogen-bond acceptors (Lipinski definition) is 5. The molecule has 96 valence electrons. The molecule has 3 N–H and O–H groups in total. The van der Waals surface area contributed by atoms with E-state index in [9.17, 15) is 5.11 Å². The summed E-state index contributed by atoms with van der Waals surface area (Å²) in [5.74, 6) is 1.09. The second-order valence-corrected chi connectivity index (χ2v) is 3.76. The van der Waals surface area contributed by atoms with Gasteiger partial charge in [0.2, 0.25) is 0 Å². The molecule has 5 heteroatoms. The number of rotatable bonds is 3. The van der Waals surface area contributed by atoms with Crippen molar-refractivity contribution in [2.75, 3.05) is 12.8 Å². The van der Waals surface area contributed by atoms with Gasteiger partial charge in [0, 0.05) is 6.07 Å². The van der Waals surface area contributed by atoms with Crippen LogP contribution in [0, 0.1) is 11.3 Å². The van der Waals surface area contributed by atoms with Crippen LogP contribution in [0.15, 0.2) is 36.4 Å². The van der Waals surface area contributed by atoms with E-state index in [0.717, 1.165) is 0 Å². The molecule has 0 unspecified atom stereocenters. The average Bonchev–Trinajstić information content (AvgIpc) is 2.43. The monoisotopic (exact) mass is 256 g/mol. The van der Waals surface area contributed by atoms with Crippen molar-refractivity contribution in [1.82, 2.24) is 0 Å². The molecule has 0 aliphatic carbocycles. The highest BCUT2D eigenvalue weighted by atomic mass is 16.5. The fourth-order valence-electron chi connectivity index (χ4n) is 1.55. The summed E-state index contributed by atoms with van der Waals surface area (Å²) in [5, 5.41) is 18.5. The van der Waals surface area contributed by atoms with Crippen LogP contribution in [0.2, 0.25) is 0 Å². The first-order valence-electron chi connectivity index (χ1n) is 5.49. The van der Waals surface area contributed by atoms with E-state index in [4.69, 9.17) is 20.5 Å². The van der Waals surface area contributed by atoms with Gasteiger partial charge < -0.3 is 20.3 Å². The van der Waals surface area contributed by atoms with Crippen LogP contribution in [0.25, 0.3) is 0 Å². The molecular weight excluding hydrogens is 244 g/mol. The third-order valence-electron chi connectivity index (χ3n) is 2.57. The lowest BCUT2D eigenvalue weighted by atomic mass is 10.2. The Morgan fingerprint density at radius 2 is 2.00 bits per heavy atom. The van der Waals surface area contributed by atoms with Crippen LogP contribution in [0.3, 0.4) is 0 Å². The molecule has 0 spiro atoms. The topological polar surface area (TPSA) is 88.5 Å². The number of phenols is 1. The van der Waals surface area contributed by atoms with Gasteiger partial charge in [-0.2, -0.15) is 5.26 Å². The summed E-state index contributed by atoms with van der Waals surface area (Å²) in [5.41, 5.74) is 6.17. The highest BCUT2D eigenvalue weighted by Gasteiger charge is 2.10. The average molecular weight is 256 g/mol. The van der Waals surface area contributed by atoms with Gasteiger partial charge in [-0.3, -0.25) is 0 Å². The van der Waals surface area contributed by atoms with E-state index in [1.54, 1.807) is 30.3 Å². The SMILES string of the molecule is COc1ccc(C#N)c(Oc2cccc(O)c2N)c1. The summed E-state index contributed by atoms with van der Waals surface area (Å²) in [6.45, 7) is 0. The Balaban J connectivity index is 2.42. The second-order valence-electron chi connectivity index (χ2n) is 3.76. The molecule has 0 heterocycles. The number of phenolic OH excluding ortho intramolecular Hbond substituents is 1. The van der Waals surface area contributed by atoms with Gasteiger partial charge in [0.15, 0.2) is 5.75 Å². The first-order chi connectivity index (χ1) is 9.15. The number of anilines is 1. The minimum atomic E-state index is -0.0705. The van der Waals surface area contributed by atoms with E-state index in [-0.39, 0.29) is 17.2 Å². The van der Waals surface area contributed by atoms with Crippen molar-refractivity contribution in [3.63, 3.8) is 0 Å². The quantitative estimate of drug-likeness (QED) is 0.651. The molecule has 0 radical (unpaired) electrons. The maximum atomic E-state index is 9.51. The molecule has 0 aliphatic rings. The lowest BCUT2D eigenvalue weighted by Crippen LogP contribution is -1.95. The number of nitriles is 1. The van der Waals surface area contributed by atoms with E-state index in [2.05, 4.69) is 0 Å². The number of ether oxygens (including phenoxy) is 2. The molecular formula is C14H12N2O3. The third kappa shape index (κ3) is 2.53. The molecule has 2 aromatic rings. The van der Waals surface area contributed by atoms with Crippen molar-refractivity contribution < 1.29 is 14.6 Å². The minimum absolute atomic E-state index is 0.0705. The predicted octanol–water partition coefficient (Wildman–Crippen LogP) is 2.65. The highest BCUT2D eigenvalue weighted by Crippen LogP contribution is 2.35. The Morgan fingerprint density at radius 3 is 2.68 bits per heavy atom. The van der Waals surface area contributed by atoms with Crippen LogP contribution in [-0.2, 0) is 0 Å². The molecule has 19 heavy (non-hydrogen) atoms. The van der Waals surface area contributed by atoms with Crippen molar-refractivity contribution in [1.29, 1.82) is 5.26 Å². The van der Waals surface area contributed by atoms with Crippen LogP contribution in [0.1, 0.15) is 5.56 Å². The van der Waals surface area contributed by atoms with Crippen molar-refractivity contribution in [2.24, 2.45) is 0 Å². The van der Waals surface area contributed by atoms with Gasteiger partial charge in [-0.25, -0.2) is 0 Å². The van der Waals surface area contributed by atoms with Gasteiger partial charge in [-0.05, 0) is 24.3 Å². The van der Waals surface area contributed by atoms with E-state index in [0.29, 0.717) is 17.1 Å². The van der Waals surface area contributed by atoms with Crippen LogP contribution in [0.4, 0.5) is 5.69 Å². The maximum absolute atomic E-state index is 9.51. The molecule has 0 bridgehead atoms. The van der Waals surface area contributed by atoms with Crippen molar-refractivity contribution in [3.05, 3.63) is 42.0 Å². The molecule has 0 atom stereocenters. The molecule has 0 amide bonds. The second kappa shape index (κ2) is 5.19. The molecule has 0 fully saturated rings. The van der Waals surface area contributed by atoms with Crippen LogP contribution in [0.5, 0.6) is 23.0 Å². The molecule has 0 aromatic heterocycles. The highest BCUT2D eigenvalue weighted by molar-refractivity contribution is 5.63. The lowest BCUT2D eigenvalue weighted by molar-refractivity contribution is 0.408. The molecule has 2 aromatic carbocycles. The number of benzene rings is 2. The number of nitrogen functional groups attached to an aromatic ring is 1. The van der Waals surface area contributed by atoms with Gasteiger partial charge in [-0.15, -0.1) is 0 Å². The first kappa shape index (κ1) is 12.6. The Morgan fingerprint density at radius 1 is 1.21 bits per heavy atom.